The first-order valence-electron chi connectivity index (χ1n) is 8.19. The van der Waals surface area contributed by atoms with Gasteiger partial charge in [0.2, 0.25) is 5.88 Å². The number of nitrogens with one attached hydrogen (secondary N) is 1. The van der Waals surface area contributed by atoms with Crippen LogP contribution in [0, 0.1) is 6.92 Å². The lowest BCUT2D eigenvalue weighted by molar-refractivity contribution is 0.102. The minimum Gasteiger partial charge on any atom is -0.480 e. The maximum Gasteiger partial charge on any atom is 0.257 e. The van der Waals surface area contributed by atoms with Gasteiger partial charge in [-0.2, -0.15) is 0 Å². The maximum absolute atomic E-state index is 12.6. The van der Waals surface area contributed by atoms with E-state index in [1.54, 1.807) is 31.2 Å². The van der Waals surface area contributed by atoms with E-state index < -0.39 is 0 Å². The lowest BCUT2D eigenvalue weighted by Crippen LogP contribution is -2.13. The van der Waals surface area contributed by atoms with Gasteiger partial charge in [-0.3, -0.25) is 4.79 Å². The summed E-state index contributed by atoms with van der Waals surface area (Å²) in [4.78, 5) is 20.7. The molecule has 0 aliphatic heterocycles. The molecule has 2 heterocycles. The van der Waals surface area contributed by atoms with Crippen LogP contribution in [0.1, 0.15) is 23.0 Å². The third-order valence-electron chi connectivity index (χ3n) is 3.69. The number of aryl methyl sites for hydroxylation is 1. The number of carbonyl (C=O) groups excluding carboxylic acids is 1. The van der Waals surface area contributed by atoms with Gasteiger partial charge in [-0.1, -0.05) is 12.7 Å². The maximum atomic E-state index is 12.6. The number of allylic oxidation sites excluding steroid dienone is 3. The highest BCUT2D eigenvalue weighted by Gasteiger charge is 2.15. The van der Waals surface area contributed by atoms with Crippen molar-refractivity contribution in [2.75, 3.05) is 12.4 Å². The molecule has 1 N–H and O–H groups in total. The van der Waals surface area contributed by atoms with E-state index in [2.05, 4.69) is 21.9 Å². The van der Waals surface area contributed by atoms with Crippen LogP contribution < -0.4 is 14.8 Å². The average molecular weight is 365 g/mol. The number of amides is 1. The van der Waals surface area contributed by atoms with Crippen LogP contribution in [-0.2, 0) is 0 Å². The molecule has 0 aliphatic rings. The van der Waals surface area contributed by atoms with Crippen molar-refractivity contribution in [1.29, 1.82) is 0 Å². The van der Waals surface area contributed by atoms with Gasteiger partial charge in [0.1, 0.15) is 22.9 Å². The standard InChI is InChI=1S/C20H19N3O4/c1-5-6-12(2)26-16-8-14(9-17-15(16)7-13(3)27-17)20(24)23-18-10-22-19(25-4)11-21-18/h5-11H,1H2,2-4H3,(H,21,23,24)/b12-6+. The Bertz CT molecular complexity index is 1020. The Morgan fingerprint density at radius 1 is 1.26 bits per heavy atom. The van der Waals surface area contributed by atoms with Gasteiger partial charge in [0.25, 0.3) is 5.91 Å². The Labute approximate surface area is 156 Å². The first-order valence-corrected chi connectivity index (χ1v) is 8.19. The molecular formula is C20H19N3O4. The van der Waals surface area contributed by atoms with E-state index in [4.69, 9.17) is 13.9 Å². The predicted molar refractivity (Wildman–Crippen MR) is 102 cm³/mol. The summed E-state index contributed by atoms with van der Waals surface area (Å²) in [6.07, 6.45) is 6.21. The van der Waals surface area contributed by atoms with Gasteiger partial charge in [-0.25, -0.2) is 9.97 Å². The largest absolute Gasteiger partial charge is 0.480 e. The highest BCUT2D eigenvalue weighted by Crippen LogP contribution is 2.32. The van der Waals surface area contributed by atoms with Gasteiger partial charge >= 0.3 is 0 Å². The number of nitrogens with zero attached hydrogens (tertiary/aromatic N) is 2. The summed E-state index contributed by atoms with van der Waals surface area (Å²) in [6.45, 7) is 7.29. The number of furan rings is 1. The third kappa shape index (κ3) is 4.14. The van der Waals surface area contributed by atoms with Crippen LogP contribution in [0.25, 0.3) is 11.0 Å². The number of benzene rings is 1. The summed E-state index contributed by atoms with van der Waals surface area (Å²) in [7, 11) is 1.49. The summed E-state index contributed by atoms with van der Waals surface area (Å²) < 4.78 is 16.5. The van der Waals surface area contributed by atoms with Crippen LogP contribution in [0.15, 0.2) is 59.5 Å². The van der Waals surface area contributed by atoms with Crippen molar-refractivity contribution in [2.45, 2.75) is 13.8 Å². The summed E-state index contributed by atoms with van der Waals surface area (Å²) in [6, 6.07) is 5.18. The Kier molecular flexibility index (Phi) is 5.21. The summed E-state index contributed by atoms with van der Waals surface area (Å²) in [5.41, 5.74) is 0.929. The molecule has 0 saturated carbocycles. The van der Waals surface area contributed by atoms with Gasteiger partial charge in [0.05, 0.1) is 24.9 Å². The Morgan fingerprint density at radius 2 is 2.07 bits per heavy atom. The van der Waals surface area contributed by atoms with Crippen molar-refractivity contribution < 1.29 is 18.7 Å². The van der Waals surface area contributed by atoms with E-state index in [1.165, 1.54) is 19.5 Å². The minimum atomic E-state index is -0.361. The fraction of sp³-hybridized carbons (Fsp3) is 0.150. The van der Waals surface area contributed by atoms with Crippen molar-refractivity contribution in [3.05, 3.63) is 66.4 Å². The van der Waals surface area contributed by atoms with Crippen molar-refractivity contribution in [2.24, 2.45) is 0 Å². The fourth-order valence-corrected chi connectivity index (χ4v) is 2.50. The van der Waals surface area contributed by atoms with Crippen molar-refractivity contribution in [1.82, 2.24) is 9.97 Å². The Balaban J connectivity index is 1.93. The number of ether oxygens (including phenoxy) is 2. The van der Waals surface area contributed by atoms with Crippen LogP contribution in [0.5, 0.6) is 11.6 Å². The number of methoxy groups -OCH3 is 1. The molecule has 0 saturated heterocycles. The number of carbonyl (C=O) groups is 1. The quantitative estimate of drug-likeness (QED) is 0.519. The molecule has 7 nitrogen and oxygen atoms in total. The van der Waals surface area contributed by atoms with Gasteiger partial charge in [0.15, 0.2) is 5.82 Å². The summed E-state index contributed by atoms with van der Waals surface area (Å²) in [5, 5.41) is 3.47. The molecule has 1 amide bonds. The zero-order valence-electron chi connectivity index (χ0n) is 15.3. The second-order valence-electron chi connectivity index (χ2n) is 5.76. The molecule has 0 unspecified atom stereocenters. The zero-order chi connectivity index (χ0) is 19.4. The molecule has 0 fully saturated rings. The SMILES string of the molecule is C=C/C=C(\C)Oc1cc(C(=O)Nc2cnc(OC)cn2)cc2oc(C)cc12. The molecule has 138 valence electrons. The molecule has 0 bridgehead atoms. The van der Waals surface area contributed by atoms with Gasteiger partial charge in [-0.15, -0.1) is 0 Å². The number of fused-ring (bicyclic) bond motifs is 1. The molecule has 0 spiro atoms. The Morgan fingerprint density at radius 3 is 2.74 bits per heavy atom. The molecule has 7 heteroatoms. The van der Waals surface area contributed by atoms with E-state index in [0.717, 1.165) is 11.1 Å². The van der Waals surface area contributed by atoms with E-state index in [-0.39, 0.29) is 5.91 Å². The van der Waals surface area contributed by atoms with Crippen molar-refractivity contribution >= 4 is 22.7 Å². The number of rotatable bonds is 6. The fourth-order valence-electron chi connectivity index (χ4n) is 2.50. The molecule has 3 rings (SSSR count). The van der Waals surface area contributed by atoms with Crippen LogP contribution in [-0.4, -0.2) is 23.0 Å². The molecule has 3 aromatic rings. The molecular weight excluding hydrogens is 346 g/mol. The van der Waals surface area contributed by atoms with Crippen molar-refractivity contribution in [3.63, 3.8) is 0 Å². The predicted octanol–water partition coefficient (Wildman–Crippen LogP) is 4.26. The van der Waals surface area contributed by atoms with E-state index in [0.29, 0.717) is 34.4 Å². The highest BCUT2D eigenvalue weighted by molar-refractivity contribution is 6.06. The normalized spacial score (nSPS) is 11.3. The lowest BCUT2D eigenvalue weighted by atomic mass is 10.1. The van der Waals surface area contributed by atoms with Crippen LogP contribution in [0.2, 0.25) is 0 Å². The zero-order valence-corrected chi connectivity index (χ0v) is 15.3. The number of hydrogen-bond acceptors (Lipinski definition) is 6. The monoisotopic (exact) mass is 365 g/mol. The Hall–Kier alpha value is -3.61. The molecule has 1 aromatic carbocycles. The number of hydrogen-bond donors (Lipinski definition) is 1. The lowest BCUT2D eigenvalue weighted by Gasteiger charge is -2.10. The average Bonchev–Trinajstić information content (AvgIpc) is 3.03. The minimum absolute atomic E-state index is 0.307. The second kappa shape index (κ2) is 7.74. The van der Waals surface area contributed by atoms with Crippen LogP contribution >= 0.6 is 0 Å². The molecule has 27 heavy (non-hydrogen) atoms. The van der Waals surface area contributed by atoms with Crippen molar-refractivity contribution in [3.8, 4) is 11.6 Å². The summed E-state index contributed by atoms with van der Waals surface area (Å²) in [5.74, 6) is 2.19. The molecule has 0 radical (unpaired) electrons. The topological polar surface area (TPSA) is 86.5 Å². The van der Waals surface area contributed by atoms with Gasteiger partial charge < -0.3 is 19.2 Å². The number of aromatic nitrogens is 2. The molecule has 2 aromatic heterocycles. The number of anilines is 1. The molecule has 0 atom stereocenters. The second-order valence-corrected chi connectivity index (χ2v) is 5.76. The highest BCUT2D eigenvalue weighted by atomic mass is 16.5. The van der Waals surface area contributed by atoms with Gasteiger partial charge in [0, 0.05) is 5.56 Å². The van der Waals surface area contributed by atoms with E-state index in [1.807, 2.05) is 13.0 Å². The first kappa shape index (κ1) is 18.2. The molecule has 0 aliphatic carbocycles. The smallest absolute Gasteiger partial charge is 0.257 e. The first-order chi connectivity index (χ1) is 13.0. The summed E-state index contributed by atoms with van der Waals surface area (Å²) >= 11 is 0. The van der Waals surface area contributed by atoms with Gasteiger partial charge in [-0.05, 0) is 38.1 Å². The van der Waals surface area contributed by atoms with E-state index >= 15 is 0 Å². The third-order valence-corrected chi connectivity index (χ3v) is 3.69. The van der Waals surface area contributed by atoms with Crippen LogP contribution in [0.4, 0.5) is 5.82 Å². The van der Waals surface area contributed by atoms with E-state index in [9.17, 15) is 4.79 Å². The van der Waals surface area contributed by atoms with Crippen LogP contribution in [0.3, 0.4) is 0 Å².